The molecule has 0 amide bonds. The minimum atomic E-state index is -0.221. The minimum Gasteiger partial charge on any atom is -0.250 e. The van der Waals surface area contributed by atoms with E-state index in [1.807, 2.05) is 6.07 Å². The molecule has 0 saturated heterocycles. The number of hydrogen-bond acceptors (Lipinski definition) is 2. The highest BCUT2D eigenvalue weighted by Crippen LogP contribution is 2.12. The summed E-state index contributed by atoms with van der Waals surface area (Å²) in [6, 6.07) is 3.60. The molecule has 0 saturated carbocycles. The Morgan fingerprint density at radius 2 is 2.45 bits per heavy atom. The fourth-order valence-electron chi connectivity index (χ4n) is 0.900. The number of aromatic amines is 1. The van der Waals surface area contributed by atoms with Gasteiger partial charge in [-0.3, -0.25) is 0 Å². The summed E-state index contributed by atoms with van der Waals surface area (Å²) in [6.45, 7) is 0. The van der Waals surface area contributed by atoms with Crippen LogP contribution in [0.25, 0.3) is 5.65 Å². The Bertz CT molecular complexity index is 444. The number of rotatable bonds is 0. The zero-order chi connectivity index (χ0) is 7.84. The number of halogens is 1. The first kappa shape index (κ1) is 6.60. The molecule has 1 N–H and O–H groups in total. The lowest BCUT2D eigenvalue weighted by Crippen LogP contribution is -2.08. The summed E-state index contributed by atoms with van der Waals surface area (Å²) in [5, 5.41) is 6.14. The van der Waals surface area contributed by atoms with Crippen LogP contribution in [0.1, 0.15) is 0 Å². The Hall–Kier alpha value is -1.10. The molecule has 11 heavy (non-hydrogen) atoms. The normalized spacial score (nSPS) is 10.6. The SMILES string of the molecule is O=c1[nH]nc2c(Br)cccn12. The Balaban J connectivity index is 3.06. The number of nitrogens with one attached hydrogen (secondary N) is 1. The topological polar surface area (TPSA) is 50.2 Å². The predicted molar refractivity (Wildman–Crippen MR) is 43.5 cm³/mol. The van der Waals surface area contributed by atoms with Crippen molar-refractivity contribution in [1.29, 1.82) is 0 Å². The van der Waals surface area contributed by atoms with E-state index < -0.39 is 0 Å². The van der Waals surface area contributed by atoms with Crippen LogP contribution in [0.15, 0.2) is 27.6 Å². The molecule has 0 atom stereocenters. The Labute approximate surface area is 70.0 Å². The van der Waals surface area contributed by atoms with Crippen LogP contribution >= 0.6 is 15.9 Å². The van der Waals surface area contributed by atoms with E-state index in [2.05, 4.69) is 26.1 Å². The summed E-state index contributed by atoms with van der Waals surface area (Å²) >= 11 is 3.27. The first-order valence-electron chi connectivity index (χ1n) is 3.00. The summed E-state index contributed by atoms with van der Waals surface area (Å²) in [7, 11) is 0. The molecule has 2 aromatic heterocycles. The molecule has 0 unspecified atom stereocenters. The zero-order valence-electron chi connectivity index (χ0n) is 5.41. The van der Waals surface area contributed by atoms with Gasteiger partial charge in [-0.05, 0) is 28.1 Å². The van der Waals surface area contributed by atoms with Crippen molar-refractivity contribution in [2.45, 2.75) is 0 Å². The lowest BCUT2D eigenvalue weighted by Gasteiger charge is -1.90. The lowest BCUT2D eigenvalue weighted by atomic mass is 10.5. The van der Waals surface area contributed by atoms with Crippen molar-refractivity contribution in [1.82, 2.24) is 14.6 Å². The zero-order valence-corrected chi connectivity index (χ0v) is 7.00. The van der Waals surface area contributed by atoms with Crippen molar-refractivity contribution in [2.75, 3.05) is 0 Å². The van der Waals surface area contributed by atoms with Crippen LogP contribution in [0.2, 0.25) is 0 Å². The van der Waals surface area contributed by atoms with Crippen LogP contribution in [0.3, 0.4) is 0 Å². The number of pyridine rings is 1. The summed E-state index contributed by atoms with van der Waals surface area (Å²) < 4.78 is 2.24. The second kappa shape index (κ2) is 2.20. The monoisotopic (exact) mass is 213 g/mol. The number of aromatic nitrogens is 3. The maximum Gasteiger partial charge on any atom is 0.347 e. The molecular weight excluding hydrogens is 210 g/mol. The van der Waals surface area contributed by atoms with E-state index in [1.54, 1.807) is 12.3 Å². The molecule has 56 valence electrons. The molecule has 2 rings (SSSR count). The van der Waals surface area contributed by atoms with Gasteiger partial charge in [0.2, 0.25) is 0 Å². The van der Waals surface area contributed by atoms with Crippen molar-refractivity contribution in [3.8, 4) is 0 Å². The number of fused-ring (bicyclic) bond motifs is 1. The molecular formula is C6H4BrN3O. The summed E-state index contributed by atoms with van der Waals surface area (Å²) in [4.78, 5) is 11.0. The molecule has 0 spiro atoms. The first-order valence-corrected chi connectivity index (χ1v) is 3.79. The third kappa shape index (κ3) is 0.883. The van der Waals surface area contributed by atoms with Crippen LogP contribution in [-0.2, 0) is 0 Å². The number of H-pyrrole nitrogens is 1. The molecule has 2 heterocycles. The first-order chi connectivity index (χ1) is 5.29. The second-order valence-electron chi connectivity index (χ2n) is 2.08. The van der Waals surface area contributed by atoms with Gasteiger partial charge in [0.15, 0.2) is 5.65 Å². The third-order valence-electron chi connectivity index (χ3n) is 1.40. The predicted octanol–water partition coefficient (Wildman–Crippen LogP) is 0.785. The Kier molecular flexibility index (Phi) is 1.32. The maximum absolute atomic E-state index is 11.0. The van der Waals surface area contributed by atoms with Gasteiger partial charge in [-0.25, -0.2) is 14.3 Å². The van der Waals surface area contributed by atoms with Crippen molar-refractivity contribution in [3.05, 3.63) is 33.3 Å². The standard InChI is InChI=1S/C6H4BrN3O/c7-4-2-1-3-10-5(4)8-9-6(10)11/h1-3H,(H,9,11). The van der Waals surface area contributed by atoms with Crippen LogP contribution in [0.4, 0.5) is 0 Å². The highest BCUT2D eigenvalue weighted by Gasteiger charge is 2.00. The van der Waals surface area contributed by atoms with Crippen LogP contribution in [0, 0.1) is 0 Å². The van der Waals surface area contributed by atoms with Crippen LogP contribution < -0.4 is 5.69 Å². The number of hydrogen-bond donors (Lipinski definition) is 1. The van der Waals surface area contributed by atoms with Crippen molar-refractivity contribution in [2.24, 2.45) is 0 Å². The van der Waals surface area contributed by atoms with Gasteiger partial charge in [0.05, 0.1) is 4.47 Å². The molecule has 0 bridgehead atoms. The van der Waals surface area contributed by atoms with E-state index in [0.717, 1.165) is 4.47 Å². The number of nitrogens with zero attached hydrogens (tertiary/aromatic N) is 2. The largest absolute Gasteiger partial charge is 0.347 e. The van der Waals surface area contributed by atoms with Crippen LogP contribution in [-0.4, -0.2) is 14.6 Å². The van der Waals surface area contributed by atoms with Gasteiger partial charge in [-0.1, -0.05) is 0 Å². The van der Waals surface area contributed by atoms with Crippen LogP contribution in [0.5, 0.6) is 0 Å². The fraction of sp³-hybridized carbons (Fsp3) is 0. The highest BCUT2D eigenvalue weighted by molar-refractivity contribution is 9.10. The summed E-state index contributed by atoms with van der Waals surface area (Å²) in [5.74, 6) is 0. The van der Waals surface area contributed by atoms with E-state index in [0.29, 0.717) is 5.65 Å². The van der Waals surface area contributed by atoms with Gasteiger partial charge in [0, 0.05) is 6.20 Å². The average molecular weight is 214 g/mol. The van der Waals surface area contributed by atoms with Gasteiger partial charge in [0.25, 0.3) is 0 Å². The molecule has 0 fully saturated rings. The van der Waals surface area contributed by atoms with E-state index >= 15 is 0 Å². The molecule has 2 aromatic rings. The molecule has 0 radical (unpaired) electrons. The van der Waals surface area contributed by atoms with Gasteiger partial charge >= 0.3 is 5.69 Å². The van der Waals surface area contributed by atoms with Crippen molar-refractivity contribution in [3.63, 3.8) is 0 Å². The maximum atomic E-state index is 11.0. The molecule has 5 heteroatoms. The fourth-order valence-corrected chi connectivity index (χ4v) is 1.33. The molecule has 0 aromatic carbocycles. The second-order valence-corrected chi connectivity index (χ2v) is 2.93. The van der Waals surface area contributed by atoms with Gasteiger partial charge in [-0.15, -0.1) is 0 Å². The molecule has 0 aliphatic rings. The van der Waals surface area contributed by atoms with Gasteiger partial charge in [0.1, 0.15) is 0 Å². The highest BCUT2D eigenvalue weighted by atomic mass is 79.9. The Morgan fingerprint density at radius 3 is 3.18 bits per heavy atom. The molecule has 0 aliphatic heterocycles. The van der Waals surface area contributed by atoms with Crippen molar-refractivity contribution >= 4 is 21.6 Å². The van der Waals surface area contributed by atoms with Gasteiger partial charge < -0.3 is 0 Å². The van der Waals surface area contributed by atoms with Crippen molar-refractivity contribution < 1.29 is 0 Å². The Morgan fingerprint density at radius 1 is 1.64 bits per heavy atom. The summed E-state index contributed by atoms with van der Waals surface area (Å²) in [5.41, 5.74) is 0.388. The smallest absolute Gasteiger partial charge is 0.250 e. The molecule has 4 nitrogen and oxygen atoms in total. The minimum absolute atomic E-state index is 0.221. The lowest BCUT2D eigenvalue weighted by molar-refractivity contribution is 1.02. The van der Waals surface area contributed by atoms with E-state index in [-0.39, 0.29) is 5.69 Å². The summed E-state index contributed by atoms with van der Waals surface area (Å²) in [6.07, 6.45) is 1.66. The van der Waals surface area contributed by atoms with E-state index in [4.69, 9.17) is 0 Å². The quantitative estimate of drug-likeness (QED) is 0.704. The molecule has 0 aliphatic carbocycles. The van der Waals surface area contributed by atoms with Gasteiger partial charge in [-0.2, -0.15) is 5.10 Å². The average Bonchev–Trinajstić information content (AvgIpc) is 2.35. The third-order valence-corrected chi connectivity index (χ3v) is 2.01. The van der Waals surface area contributed by atoms with E-state index in [1.165, 1.54) is 4.40 Å². The van der Waals surface area contributed by atoms with E-state index in [9.17, 15) is 4.79 Å².